The molecule has 0 aliphatic rings. The first-order valence-corrected chi connectivity index (χ1v) is 6.10. The molecule has 0 unspecified atom stereocenters. The second-order valence-corrected chi connectivity index (χ2v) is 4.18. The quantitative estimate of drug-likeness (QED) is 0.428. The average molecular weight is 357 g/mol. The van der Waals surface area contributed by atoms with Gasteiger partial charge in [0, 0.05) is 0 Å². The molecule has 0 aromatic heterocycles. The Morgan fingerprint density at radius 3 is 1.15 bits per heavy atom. The van der Waals surface area contributed by atoms with E-state index in [1.54, 1.807) is 14.2 Å². The van der Waals surface area contributed by atoms with Crippen molar-refractivity contribution in [2.45, 2.75) is 9.79 Å². The number of rotatable bonds is 2. The average Bonchev–Trinajstić information content (AvgIpc) is 2.41. The first kappa shape index (κ1) is 24.0. The molecule has 20 heavy (non-hydrogen) atoms. The van der Waals surface area contributed by atoms with E-state index in [4.69, 9.17) is 34.7 Å². The van der Waals surface area contributed by atoms with Crippen LogP contribution in [0.4, 0.5) is 0 Å². The summed E-state index contributed by atoms with van der Waals surface area (Å²) in [5.74, 6) is 1.54. The van der Waals surface area contributed by atoms with Crippen molar-refractivity contribution in [2.24, 2.45) is 0 Å². The van der Waals surface area contributed by atoms with E-state index >= 15 is 0 Å². The largest absolute Gasteiger partial charge is 1.00 e. The molecular formula is C14H14K2O2S2. The molecule has 0 fully saturated rings. The van der Waals surface area contributed by atoms with E-state index in [0.717, 1.165) is 21.3 Å². The van der Waals surface area contributed by atoms with Crippen molar-refractivity contribution in [3.05, 3.63) is 48.5 Å². The van der Waals surface area contributed by atoms with Crippen LogP contribution in [-0.2, 0) is 25.3 Å². The van der Waals surface area contributed by atoms with Crippen LogP contribution in [0.2, 0.25) is 0 Å². The fraction of sp³-hybridized carbons (Fsp3) is 0.143. The summed E-state index contributed by atoms with van der Waals surface area (Å²) in [6, 6.07) is 15.0. The van der Waals surface area contributed by atoms with Gasteiger partial charge in [0.25, 0.3) is 0 Å². The Hall–Kier alpha value is 1.75. The maximum atomic E-state index is 4.94. The van der Waals surface area contributed by atoms with E-state index in [1.807, 2.05) is 48.5 Å². The number of ether oxygens (including phenoxy) is 2. The summed E-state index contributed by atoms with van der Waals surface area (Å²) in [4.78, 5) is 1.53. The third-order valence-electron chi connectivity index (χ3n) is 2.14. The second-order valence-electron chi connectivity index (χ2n) is 3.30. The van der Waals surface area contributed by atoms with Gasteiger partial charge in [-0.05, 0) is 12.1 Å². The van der Waals surface area contributed by atoms with Gasteiger partial charge in [0.05, 0.1) is 25.7 Å². The topological polar surface area (TPSA) is 18.5 Å². The number of para-hydroxylation sites is 2. The smallest absolute Gasteiger partial charge is 0.776 e. The van der Waals surface area contributed by atoms with E-state index in [9.17, 15) is 0 Å². The van der Waals surface area contributed by atoms with Gasteiger partial charge in [0.15, 0.2) is 0 Å². The van der Waals surface area contributed by atoms with Gasteiger partial charge in [0.2, 0.25) is 0 Å². The first-order chi connectivity index (χ1) is 8.69. The molecule has 0 saturated carbocycles. The van der Waals surface area contributed by atoms with Crippen molar-refractivity contribution >= 4 is 25.3 Å². The van der Waals surface area contributed by atoms with Crippen LogP contribution >= 0.6 is 0 Å². The Balaban J connectivity index is 0. The van der Waals surface area contributed by atoms with Gasteiger partial charge >= 0.3 is 103 Å². The predicted octanol–water partition coefficient (Wildman–Crippen LogP) is -2.79. The summed E-state index contributed by atoms with van der Waals surface area (Å²) in [7, 11) is 3.23. The van der Waals surface area contributed by atoms with Crippen LogP contribution in [0.25, 0.3) is 0 Å². The molecule has 2 rings (SSSR count). The van der Waals surface area contributed by atoms with Gasteiger partial charge in [-0.2, -0.15) is 0 Å². The molecule has 2 aromatic rings. The number of methoxy groups -OCH3 is 2. The molecule has 96 valence electrons. The van der Waals surface area contributed by atoms with Crippen LogP contribution in [0.15, 0.2) is 58.3 Å². The van der Waals surface area contributed by atoms with Crippen LogP contribution in [0.1, 0.15) is 0 Å². The molecule has 0 aliphatic carbocycles. The van der Waals surface area contributed by atoms with Gasteiger partial charge in [0.1, 0.15) is 0 Å². The summed E-state index contributed by atoms with van der Waals surface area (Å²) >= 11 is 9.85. The predicted molar refractivity (Wildman–Crippen MR) is 77.3 cm³/mol. The third kappa shape index (κ3) is 9.02. The molecule has 0 spiro atoms. The van der Waals surface area contributed by atoms with Gasteiger partial charge in [-0.3, -0.25) is 0 Å². The zero-order valence-corrected chi connectivity index (χ0v) is 20.1. The van der Waals surface area contributed by atoms with Gasteiger partial charge < -0.3 is 34.7 Å². The van der Waals surface area contributed by atoms with Crippen molar-refractivity contribution in [3.63, 3.8) is 0 Å². The Kier molecular flexibility index (Phi) is 17.2. The maximum Gasteiger partial charge on any atom is 1.00 e. The van der Waals surface area contributed by atoms with Crippen LogP contribution < -0.4 is 112 Å². The summed E-state index contributed by atoms with van der Waals surface area (Å²) in [5, 5.41) is 0. The molecule has 0 bridgehead atoms. The van der Waals surface area contributed by atoms with Crippen LogP contribution in [-0.4, -0.2) is 14.2 Å². The van der Waals surface area contributed by atoms with E-state index in [-0.39, 0.29) is 103 Å². The summed E-state index contributed by atoms with van der Waals surface area (Å²) < 4.78 is 9.88. The Morgan fingerprint density at radius 1 is 0.650 bits per heavy atom. The molecule has 0 heterocycles. The first-order valence-electron chi connectivity index (χ1n) is 5.29. The van der Waals surface area contributed by atoms with Gasteiger partial charge in [-0.1, -0.05) is 36.4 Å². The van der Waals surface area contributed by atoms with Crippen LogP contribution in [0, 0.1) is 0 Å². The fourth-order valence-electron chi connectivity index (χ4n) is 1.24. The maximum absolute atomic E-state index is 4.94. The van der Waals surface area contributed by atoms with Crippen LogP contribution in [0.3, 0.4) is 0 Å². The van der Waals surface area contributed by atoms with E-state index in [2.05, 4.69) is 0 Å². The minimum Gasteiger partial charge on any atom is -0.776 e. The number of hydrogen-bond acceptors (Lipinski definition) is 4. The summed E-state index contributed by atoms with van der Waals surface area (Å²) in [6.07, 6.45) is 0. The van der Waals surface area contributed by atoms with Crippen molar-refractivity contribution in [2.75, 3.05) is 14.2 Å². The van der Waals surface area contributed by atoms with E-state index < -0.39 is 0 Å². The zero-order chi connectivity index (χ0) is 13.4. The Morgan fingerprint density at radius 2 is 0.950 bits per heavy atom. The van der Waals surface area contributed by atoms with Crippen LogP contribution in [0.5, 0.6) is 11.5 Å². The van der Waals surface area contributed by atoms with Crippen molar-refractivity contribution in [1.29, 1.82) is 0 Å². The zero-order valence-electron chi connectivity index (χ0n) is 12.3. The summed E-state index contributed by atoms with van der Waals surface area (Å²) in [6.45, 7) is 0. The molecule has 0 atom stereocenters. The van der Waals surface area contributed by atoms with E-state index in [1.165, 1.54) is 0 Å². The minimum absolute atomic E-state index is 0. The second kappa shape index (κ2) is 14.4. The SMILES string of the molecule is COc1ccccc1[S-].COc1ccccc1[S-].[K+].[K+]. The summed E-state index contributed by atoms with van der Waals surface area (Å²) in [5.41, 5.74) is 0. The molecule has 0 saturated heterocycles. The molecule has 0 N–H and O–H groups in total. The molecular weight excluding hydrogens is 342 g/mol. The molecule has 6 heteroatoms. The molecule has 0 radical (unpaired) electrons. The molecule has 0 amide bonds. The minimum atomic E-state index is 0. The van der Waals surface area contributed by atoms with Crippen molar-refractivity contribution in [1.82, 2.24) is 0 Å². The monoisotopic (exact) mass is 356 g/mol. The Labute approximate surface area is 217 Å². The molecule has 0 aliphatic heterocycles. The number of hydrogen-bond donors (Lipinski definition) is 0. The number of benzene rings is 2. The van der Waals surface area contributed by atoms with E-state index in [0.29, 0.717) is 0 Å². The fourth-order valence-corrected chi connectivity index (χ4v) is 1.70. The van der Waals surface area contributed by atoms with Crippen molar-refractivity contribution in [3.8, 4) is 11.5 Å². The van der Waals surface area contributed by atoms with Crippen molar-refractivity contribution < 1.29 is 112 Å². The normalized spacial score (nSPS) is 8.10. The Bertz CT molecular complexity index is 451. The van der Waals surface area contributed by atoms with Gasteiger partial charge in [-0.15, -0.1) is 9.79 Å². The third-order valence-corrected chi connectivity index (χ3v) is 2.81. The van der Waals surface area contributed by atoms with Gasteiger partial charge in [-0.25, -0.2) is 0 Å². The molecule has 2 aromatic carbocycles. The standard InChI is InChI=1S/2C7H8OS.2K/c2*1-8-6-4-2-3-5-7(6)9;;/h2*2-5,9H,1H3;;/q;;2*+1/p-2. The molecule has 2 nitrogen and oxygen atoms in total.